The Morgan fingerprint density at radius 2 is 1.94 bits per heavy atom. The van der Waals surface area contributed by atoms with Gasteiger partial charge in [0.15, 0.2) is 10.9 Å². The topological polar surface area (TPSA) is 80.1 Å². The number of anilines is 1. The summed E-state index contributed by atoms with van der Waals surface area (Å²) in [5, 5.41) is 12.7. The average molecular weight is 450 g/mol. The summed E-state index contributed by atoms with van der Waals surface area (Å²) >= 11 is 1.67. The molecule has 2 aromatic carbocycles. The number of thioether (sulfide) groups is 1. The van der Waals surface area contributed by atoms with Crippen LogP contribution in [0, 0.1) is 0 Å². The number of hydrogen-bond donors (Lipinski definition) is 1. The van der Waals surface area contributed by atoms with E-state index in [0.29, 0.717) is 24.3 Å². The van der Waals surface area contributed by atoms with Gasteiger partial charge in [-0.3, -0.25) is 4.79 Å². The minimum absolute atomic E-state index is 0.0256. The lowest BCUT2D eigenvalue weighted by molar-refractivity contribution is 0.101. The predicted octanol–water partition coefficient (Wildman–Crippen LogP) is 4.72. The summed E-state index contributed by atoms with van der Waals surface area (Å²) in [6, 6.07) is 17.2. The molecule has 8 heteroatoms. The van der Waals surface area contributed by atoms with E-state index in [1.54, 1.807) is 36.0 Å². The fraction of sp³-hybridized carbons (Fsp3) is 0.333. The van der Waals surface area contributed by atoms with Crippen LogP contribution in [0.15, 0.2) is 59.8 Å². The zero-order valence-corrected chi connectivity index (χ0v) is 19.1. The van der Waals surface area contributed by atoms with Gasteiger partial charge in [0.25, 0.3) is 0 Å². The van der Waals surface area contributed by atoms with Gasteiger partial charge in [-0.2, -0.15) is 0 Å². The Balaban J connectivity index is 1.39. The third kappa shape index (κ3) is 5.19. The van der Waals surface area contributed by atoms with Crippen LogP contribution in [0.3, 0.4) is 0 Å². The van der Waals surface area contributed by atoms with E-state index in [0.717, 1.165) is 29.6 Å². The molecule has 0 saturated carbocycles. The van der Waals surface area contributed by atoms with Crippen LogP contribution in [0.5, 0.6) is 0 Å². The predicted molar refractivity (Wildman–Crippen MR) is 126 cm³/mol. The molecule has 0 bridgehead atoms. The average Bonchev–Trinajstić information content (AvgIpc) is 3.19. The molecule has 1 aromatic heterocycles. The highest BCUT2D eigenvalue weighted by molar-refractivity contribution is 7.98. The number of nitrogens with zero attached hydrogens (tertiary/aromatic N) is 4. The molecule has 1 unspecified atom stereocenters. The van der Waals surface area contributed by atoms with Crippen molar-refractivity contribution in [3.8, 4) is 0 Å². The van der Waals surface area contributed by atoms with Gasteiger partial charge in [-0.05, 0) is 37.5 Å². The van der Waals surface area contributed by atoms with Crippen molar-refractivity contribution < 1.29 is 9.59 Å². The molecule has 2 heterocycles. The lowest BCUT2D eigenvalue weighted by Gasteiger charge is -2.32. The molecular formula is C24H27N5O2S. The first-order chi connectivity index (χ1) is 15.5. The van der Waals surface area contributed by atoms with Crippen LogP contribution in [-0.4, -0.2) is 44.6 Å². The first-order valence-corrected chi connectivity index (χ1v) is 11.7. The zero-order valence-electron chi connectivity index (χ0n) is 18.3. The van der Waals surface area contributed by atoms with Crippen molar-refractivity contribution in [2.75, 3.05) is 18.4 Å². The van der Waals surface area contributed by atoms with Crippen molar-refractivity contribution >= 4 is 29.3 Å². The minimum atomic E-state index is -0.156. The highest BCUT2D eigenvalue weighted by atomic mass is 32.2. The number of ketones is 1. The second-order valence-corrected chi connectivity index (χ2v) is 8.97. The fourth-order valence-corrected chi connectivity index (χ4v) is 4.79. The number of rotatable bonds is 6. The van der Waals surface area contributed by atoms with Crippen molar-refractivity contribution in [3.05, 3.63) is 71.5 Å². The van der Waals surface area contributed by atoms with Crippen LogP contribution in [0.2, 0.25) is 0 Å². The molecule has 1 atom stereocenters. The van der Waals surface area contributed by atoms with Gasteiger partial charge in [0.1, 0.15) is 5.82 Å². The molecule has 166 valence electrons. The van der Waals surface area contributed by atoms with Gasteiger partial charge < -0.3 is 14.8 Å². The molecule has 1 aliphatic rings. The number of Topliss-reactive ketones (excluding diaryl/α,β-unsaturated/α-hetero) is 1. The van der Waals surface area contributed by atoms with Crippen molar-refractivity contribution in [2.45, 2.75) is 36.6 Å². The Labute approximate surface area is 192 Å². The van der Waals surface area contributed by atoms with Crippen LogP contribution in [-0.2, 0) is 12.8 Å². The molecule has 1 aliphatic heterocycles. The summed E-state index contributed by atoms with van der Waals surface area (Å²) < 4.78 is 2.05. The summed E-state index contributed by atoms with van der Waals surface area (Å²) in [7, 11) is 1.99. The lowest BCUT2D eigenvalue weighted by Crippen LogP contribution is -2.42. The monoisotopic (exact) mass is 449 g/mol. The molecule has 7 nitrogen and oxygen atoms in total. The van der Waals surface area contributed by atoms with E-state index in [9.17, 15) is 9.59 Å². The van der Waals surface area contributed by atoms with Crippen LogP contribution >= 0.6 is 11.8 Å². The quantitative estimate of drug-likeness (QED) is 0.435. The third-order valence-corrected chi connectivity index (χ3v) is 6.76. The number of amides is 2. The number of aromatic nitrogens is 3. The Bertz CT molecular complexity index is 1100. The number of carbonyl (C=O) groups is 2. The molecule has 32 heavy (non-hydrogen) atoms. The molecule has 1 N–H and O–H groups in total. The number of carbonyl (C=O) groups excluding carboxylic acids is 2. The second-order valence-electron chi connectivity index (χ2n) is 8.03. The number of urea groups is 1. The molecule has 0 aliphatic carbocycles. The maximum absolute atomic E-state index is 12.9. The van der Waals surface area contributed by atoms with Crippen LogP contribution in [0.4, 0.5) is 10.5 Å². The summed E-state index contributed by atoms with van der Waals surface area (Å²) in [6.45, 7) is 2.80. The summed E-state index contributed by atoms with van der Waals surface area (Å²) in [5.41, 5.74) is 2.46. The number of nitrogens with one attached hydrogen (secondary N) is 1. The van der Waals surface area contributed by atoms with Crippen molar-refractivity contribution in [1.82, 2.24) is 19.7 Å². The van der Waals surface area contributed by atoms with Gasteiger partial charge in [-0.1, -0.05) is 54.2 Å². The van der Waals surface area contributed by atoms with Gasteiger partial charge in [-0.15, -0.1) is 10.2 Å². The molecule has 3 aromatic rings. The fourth-order valence-electron chi connectivity index (χ4n) is 3.92. The first-order valence-electron chi connectivity index (χ1n) is 10.7. The maximum Gasteiger partial charge on any atom is 0.321 e. The zero-order chi connectivity index (χ0) is 22.5. The Hall–Kier alpha value is -3.13. The normalized spacial score (nSPS) is 16.1. The minimum Gasteiger partial charge on any atom is -0.324 e. The van der Waals surface area contributed by atoms with Gasteiger partial charge >= 0.3 is 6.03 Å². The largest absolute Gasteiger partial charge is 0.324 e. The van der Waals surface area contributed by atoms with E-state index in [1.807, 2.05) is 30.1 Å². The molecular weight excluding hydrogens is 422 g/mol. The molecule has 0 radical (unpaired) electrons. The molecule has 1 fully saturated rings. The smallest absolute Gasteiger partial charge is 0.321 e. The second kappa shape index (κ2) is 9.99. The summed E-state index contributed by atoms with van der Waals surface area (Å²) in [4.78, 5) is 26.3. The summed E-state index contributed by atoms with van der Waals surface area (Å²) in [6.07, 6.45) is 1.88. The van der Waals surface area contributed by atoms with E-state index in [2.05, 4.69) is 32.2 Å². The van der Waals surface area contributed by atoms with Gasteiger partial charge in [0, 0.05) is 43.1 Å². The van der Waals surface area contributed by atoms with Crippen molar-refractivity contribution in [3.63, 3.8) is 0 Å². The van der Waals surface area contributed by atoms with Gasteiger partial charge in [0.2, 0.25) is 0 Å². The van der Waals surface area contributed by atoms with Crippen LogP contribution in [0.25, 0.3) is 0 Å². The molecule has 2 amide bonds. The molecule has 4 rings (SSSR count). The third-order valence-electron chi connectivity index (χ3n) is 5.67. The summed E-state index contributed by atoms with van der Waals surface area (Å²) in [5.74, 6) is 1.87. The van der Waals surface area contributed by atoms with E-state index < -0.39 is 0 Å². The molecule has 0 spiro atoms. The van der Waals surface area contributed by atoms with E-state index >= 15 is 0 Å². The maximum atomic E-state index is 12.9. The Kier molecular flexibility index (Phi) is 6.90. The lowest BCUT2D eigenvalue weighted by atomic mass is 9.97. The number of piperidine rings is 1. The van der Waals surface area contributed by atoms with Crippen molar-refractivity contribution in [2.24, 2.45) is 7.05 Å². The highest BCUT2D eigenvalue weighted by Crippen LogP contribution is 2.29. The van der Waals surface area contributed by atoms with Gasteiger partial charge in [-0.25, -0.2) is 4.79 Å². The van der Waals surface area contributed by atoms with Crippen LogP contribution < -0.4 is 5.32 Å². The Morgan fingerprint density at radius 3 is 2.72 bits per heavy atom. The highest BCUT2D eigenvalue weighted by Gasteiger charge is 2.28. The first kappa shape index (κ1) is 22.1. The Morgan fingerprint density at radius 1 is 1.12 bits per heavy atom. The SMILES string of the molecule is CC(=O)c1cccc(NC(=O)N2CCCC(c3nnc(SCc4ccccc4)n3C)C2)c1. The van der Waals surface area contributed by atoms with E-state index in [4.69, 9.17) is 0 Å². The van der Waals surface area contributed by atoms with E-state index in [-0.39, 0.29) is 17.7 Å². The number of hydrogen-bond acceptors (Lipinski definition) is 5. The number of likely N-dealkylation sites (tertiary alicyclic amines) is 1. The van der Waals surface area contributed by atoms with E-state index in [1.165, 1.54) is 12.5 Å². The van der Waals surface area contributed by atoms with Crippen molar-refractivity contribution in [1.29, 1.82) is 0 Å². The standard InChI is InChI=1S/C24H27N5O2S/c1-17(30)19-10-6-12-21(14-19)25-23(31)29-13-7-11-20(15-29)22-26-27-24(28(22)2)32-16-18-8-4-3-5-9-18/h3-6,8-10,12,14,20H,7,11,13,15-16H2,1-2H3,(H,25,31). The molecule has 1 saturated heterocycles. The number of benzene rings is 2. The van der Waals surface area contributed by atoms with Crippen LogP contribution in [0.1, 0.15) is 47.4 Å². The van der Waals surface area contributed by atoms with Gasteiger partial charge in [0.05, 0.1) is 0 Å².